The van der Waals surface area contributed by atoms with Gasteiger partial charge in [0.25, 0.3) is 0 Å². The maximum atomic E-state index is 12.6. The van der Waals surface area contributed by atoms with E-state index in [2.05, 4.69) is 25.0 Å². The van der Waals surface area contributed by atoms with Gasteiger partial charge >= 0.3 is 0 Å². The number of amides is 1. The summed E-state index contributed by atoms with van der Waals surface area (Å²) in [5.41, 5.74) is 0.521. The number of anilines is 2. The van der Waals surface area contributed by atoms with E-state index in [9.17, 15) is 4.79 Å². The predicted octanol–water partition coefficient (Wildman–Crippen LogP) is 3.76. The van der Waals surface area contributed by atoms with E-state index >= 15 is 0 Å². The van der Waals surface area contributed by atoms with Crippen molar-refractivity contribution in [3.8, 4) is 11.5 Å². The van der Waals surface area contributed by atoms with Crippen molar-refractivity contribution in [2.75, 3.05) is 42.3 Å². The van der Waals surface area contributed by atoms with Crippen LogP contribution >= 0.6 is 23.4 Å². The second kappa shape index (κ2) is 8.55. The Kier molecular flexibility index (Phi) is 5.64. The van der Waals surface area contributed by atoms with Crippen LogP contribution in [0, 0.1) is 0 Å². The molecule has 3 aliphatic rings. The minimum atomic E-state index is -0.149. The number of hydrogen-bond donors (Lipinski definition) is 1. The third kappa shape index (κ3) is 4.18. The summed E-state index contributed by atoms with van der Waals surface area (Å²) in [7, 11) is 0. The fourth-order valence-electron chi connectivity index (χ4n) is 3.75. The van der Waals surface area contributed by atoms with Gasteiger partial charge in [-0.25, -0.2) is 0 Å². The molecule has 8 nitrogen and oxygen atoms in total. The molecule has 1 saturated heterocycles. The van der Waals surface area contributed by atoms with Gasteiger partial charge in [-0.1, -0.05) is 23.4 Å². The largest absolute Gasteiger partial charge is 0.490 e. The monoisotopic (exact) mass is 449 g/mol. The molecule has 1 saturated carbocycles. The highest BCUT2D eigenvalue weighted by Crippen LogP contribution is 2.41. The Labute approximate surface area is 184 Å². The predicted molar refractivity (Wildman–Crippen MR) is 116 cm³/mol. The summed E-state index contributed by atoms with van der Waals surface area (Å²) in [6.07, 6.45) is 5.49. The van der Waals surface area contributed by atoms with Crippen molar-refractivity contribution in [3.05, 3.63) is 17.2 Å². The normalized spacial score (nSPS) is 18.4. The van der Waals surface area contributed by atoms with Crippen molar-refractivity contribution >= 4 is 40.9 Å². The summed E-state index contributed by atoms with van der Waals surface area (Å²) < 4.78 is 13.5. The van der Waals surface area contributed by atoms with Crippen LogP contribution in [0.25, 0.3) is 0 Å². The minimum absolute atomic E-state index is 0.149. The highest BCUT2D eigenvalue weighted by molar-refractivity contribution is 7.99. The van der Waals surface area contributed by atoms with Crippen molar-refractivity contribution in [1.82, 2.24) is 14.8 Å². The molecule has 1 N–H and O–H groups in total. The number of halogens is 1. The van der Waals surface area contributed by atoms with Gasteiger partial charge in [-0.05, 0) is 25.7 Å². The molecule has 0 atom stereocenters. The lowest BCUT2D eigenvalue weighted by Gasteiger charge is -2.18. The quantitative estimate of drug-likeness (QED) is 0.672. The third-order valence-corrected chi connectivity index (χ3v) is 6.65. The summed E-state index contributed by atoms with van der Waals surface area (Å²) in [5, 5.41) is 12.9. The maximum Gasteiger partial charge on any atom is 0.234 e. The number of benzene rings is 1. The standard InChI is InChI=1S/C20H24ClN5O3S/c21-14-10-16-17(29-9-3-8-28-16)11-15(14)22-18(27)12-30-20-24-23-19(25-6-1-2-7-25)26(20)13-4-5-13/h10-11,13H,1-9,12H2,(H,22,27). The van der Waals surface area contributed by atoms with E-state index in [4.69, 9.17) is 21.1 Å². The molecule has 1 aromatic carbocycles. The average molecular weight is 450 g/mol. The Balaban J connectivity index is 1.25. The lowest BCUT2D eigenvalue weighted by Crippen LogP contribution is -2.22. The SMILES string of the molecule is O=C(CSc1nnc(N2CCCC2)n1C1CC1)Nc1cc2c(cc1Cl)OCCCO2. The van der Waals surface area contributed by atoms with Gasteiger partial charge in [-0.2, -0.15) is 0 Å². The first kappa shape index (κ1) is 19.8. The van der Waals surface area contributed by atoms with E-state index in [1.807, 2.05) is 0 Å². The smallest absolute Gasteiger partial charge is 0.234 e. The van der Waals surface area contributed by atoms with Gasteiger partial charge in [0.1, 0.15) is 0 Å². The third-order valence-electron chi connectivity index (χ3n) is 5.39. The second-order valence-corrected chi connectivity index (χ2v) is 9.09. The summed E-state index contributed by atoms with van der Waals surface area (Å²) in [6, 6.07) is 3.87. The van der Waals surface area contributed by atoms with E-state index < -0.39 is 0 Å². The number of ether oxygens (including phenoxy) is 2. The van der Waals surface area contributed by atoms with Crippen LogP contribution in [0.3, 0.4) is 0 Å². The lowest BCUT2D eigenvalue weighted by molar-refractivity contribution is -0.113. The van der Waals surface area contributed by atoms with Crippen LogP contribution < -0.4 is 19.7 Å². The Morgan fingerprint density at radius 3 is 2.60 bits per heavy atom. The Morgan fingerprint density at radius 1 is 1.13 bits per heavy atom. The van der Waals surface area contributed by atoms with E-state index in [0.717, 1.165) is 43.5 Å². The molecule has 1 aliphatic carbocycles. The number of nitrogens with one attached hydrogen (secondary N) is 1. The summed E-state index contributed by atoms with van der Waals surface area (Å²) in [6.45, 7) is 3.22. The highest BCUT2D eigenvalue weighted by Gasteiger charge is 2.32. The zero-order valence-corrected chi connectivity index (χ0v) is 18.2. The van der Waals surface area contributed by atoms with Crippen molar-refractivity contribution in [2.45, 2.75) is 43.3 Å². The summed E-state index contributed by atoms with van der Waals surface area (Å²) in [5.74, 6) is 2.24. The van der Waals surface area contributed by atoms with Crippen LogP contribution in [0.1, 0.15) is 38.1 Å². The number of rotatable bonds is 6. The van der Waals surface area contributed by atoms with Crippen LogP contribution in [0.5, 0.6) is 11.5 Å². The average Bonchev–Trinajstić information content (AvgIpc) is 3.33. The number of nitrogens with zero attached hydrogens (tertiary/aromatic N) is 4. The fraction of sp³-hybridized carbons (Fsp3) is 0.550. The van der Waals surface area contributed by atoms with Crippen LogP contribution in [0.15, 0.2) is 17.3 Å². The highest BCUT2D eigenvalue weighted by atomic mass is 35.5. The van der Waals surface area contributed by atoms with E-state index in [1.54, 1.807) is 12.1 Å². The number of aromatic nitrogens is 3. The number of hydrogen-bond acceptors (Lipinski definition) is 7. The number of carbonyl (C=O) groups excluding carboxylic acids is 1. The van der Waals surface area contributed by atoms with Crippen molar-refractivity contribution in [3.63, 3.8) is 0 Å². The van der Waals surface area contributed by atoms with E-state index in [-0.39, 0.29) is 11.7 Å². The molecular formula is C20H24ClN5O3S. The van der Waals surface area contributed by atoms with Gasteiger partial charge in [0.15, 0.2) is 16.7 Å². The maximum absolute atomic E-state index is 12.6. The summed E-state index contributed by atoms with van der Waals surface area (Å²) >= 11 is 7.75. The first-order valence-electron chi connectivity index (χ1n) is 10.4. The van der Waals surface area contributed by atoms with Crippen LogP contribution in [-0.2, 0) is 4.79 Å². The first-order chi connectivity index (χ1) is 14.7. The minimum Gasteiger partial charge on any atom is -0.490 e. The van der Waals surface area contributed by atoms with Gasteiger partial charge in [0.05, 0.1) is 29.7 Å². The topological polar surface area (TPSA) is 81.5 Å². The van der Waals surface area contributed by atoms with Crippen molar-refractivity contribution in [1.29, 1.82) is 0 Å². The molecule has 2 fully saturated rings. The zero-order chi connectivity index (χ0) is 20.5. The Hall–Kier alpha value is -2.13. The number of thioether (sulfide) groups is 1. The van der Waals surface area contributed by atoms with Crippen LogP contribution in [0.2, 0.25) is 5.02 Å². The van der Waals surface area contributed by atoms with Crippen molar-refractivity contribution in [2.24, 2.45) is 0 Å². The first-order valence-corrected chi connectivity index (χ1v) is 11.8. The zero-order valence-electron chi connectivity index (χ0n) is 16.6. The number of fused-ring (bicyclic) bond motifs is 1. The molecule has 0 unspecified atom stereocenters. The van der Waals surface area contributed by atoms with Gasteiger partial charge in [-0.15, -0.1) is 10.2 Å². The van der Waals surface area contributed by atoms with E-state index in [1.165, 1.54) is 24.6 Å². The van der Waals surface area contributed by atoms with Crippen LogP contribution in [0.4, 0.5) is 11.6 Å². The van der Waals surface area contributed by atoms with Crippen LogP contribution in [-0.4, -0.2) is 52.7 Å². The molecule has 5 rings (SSSR count). The molecule has 0 bridgehead atoms. The Bertz CT molecular complexity index is 943. The molecule has 3 heterocycles. The molecule has 160 valence electrons. The second-order valence-electron chi connectivity index (χ2n) is 7.74. The summed E-state index contributed by atoms with van der Waals surface area (Å²) in [4.78, 5) is 14.9. The molecule has 1 aromatic heterocycles. The molecule has 0 spiro atoms. The molecule has 10 heteroatoms. The van der Waals surface area contributed by atoms with Crippen molar-refractivity contribution < 1.29 is 14.3 Å². The fourth-order valence-corrected chi connectivity index (χ4v) is 4.75. The molecular weight excluding hydrogens is 426 g/mol. The van der Waals surface area contributed by atoms with Gasteiger partial charge < -0.3 is 19.7 Å². The molecule has 2 aliphatic heterocycles. The molecule has 2 aromatic rings. The molecule has 30 heavy (non-hydrogen) atoms. The lowest BCUT2D eigenvalue weighted by atomic mass is 10.2. The molecule has 0 radical (unpaired) electrons. The van der Waals surface area contributed by atoms with Gasteiger partial charge in [0, 0.05) is 37.7 Å². The van der Waals surface area contributed by atoms with Gasteiger partial charge in [0.2, 0.25) is 11.9 Å². The number of carbonyl (C=O) groups is 1. The van der Waals surface area contributed by atoms with Gasteiger partial charge in [-0.3, -0.25) is 9.36 Å². The molecule has 1 amide bonds. The Morgan fingerprint density at radius 2 is 1.87 bits per heavy atom. The van der Waals surface area contributed by atoms with E-state index in [0.29, 0.717) is 41.5 Å².